The fourth-order valence-electron chi connectivity index (χ4n) is 2.62. The predicted octanol–water partition coefficient (Wildman–Crippen LogP) is 5.61. The normalized spacial score (nSPS) is 11.5. The Hall–Kier alpha value is -2.01. The smallest absolute Gasteiger partial charge is 0.161 e. The molecular formula is C21H24ClNO2S. The molecule has 2 aromatic carbocycles. The molecule has 0 aliphatic rings. The highest BCUT2D eigenvalue weighted by Gasteiger charge is 2.08. The Kier molecular flexibility index (Phi) is 7.98. The molecule has 26 heavy (non-hydrogen) atoms. The third-order valence-corrected chi connectivity index (χ3v) is 4.94. The molecule has 0 fully saturated rings. The molecule has 3 rings (SSSR count). The Morgan fingerprint density at radius 2 is 1.81 bits per heavy atom. The van der Waals surface area contributed by atoms with Gasteiger partial charge in [-0.15, -0.1) is 23.7 Å². The number of rotatable bonds is 8. The van der Waals surface area contributed by atoms with Gasteiger partial charge in [0.15, 0.2) is 11.5 Å². The van der Waals surface area contributed by atoms with Gasteiger partial charge in [0.1, 0.15) is 6.61 Å². The van der Waals surface area contributed by atoms with Crippen molar-refractivity contribution in [1.82, 2.24) is 5.32 Å². The van der Waals surface area contributed by atoms with Crippen molar-refractivity contribution in [3.8, 4) is 11.5 Å². The summed E-state index contributed by atoms with van der Waals surface area (Å²) in [7, 11) is 1.68. The number of thiophene rings is 1. The van der Waals surface area contributed by atoms with Gasteiger partial charge in [0, 0.05) is 17.5 Å². The van der Waals surface area contributed by atoms with Gasteiger partial charge in [0.2, 0.25) is 0 Å². The zero-order chi connectivity index (χ0) is 17.5. The molecule has 1 heterocycles. The first-order valence-electron chi connectivity index (χ1n) is 8.36. The van der Waals surface area contributed by atoms with Crippen molar-refractivity contribution >= 4 is 23.7 Å². The fraction of sp³-hybridized carbons (Fsp3) is 0.238. The van der Waals surface area contributed by atoms with E-state index in [9.17, 15) is 0 Å². The Morgan fingerprint density at radius 1 is 1.00 bits per heavy atom. The number of benzene rings is 2. The quantitative estimate of drug-likeness (QED) is 0.543. The van der Waals surface area contributed by atoms with E-state index in [-0.39, 0.29) is 12.4 Å². The lowest BCUT2D eigenvalue weighted by Crippen LogP contribution is -2.18. The highest BCUT2D eigenvalue weighted by atomic mass is 35.5. The summed E-state index contributed by atoms with van der Waals surface area (Å²) in [5, 5.41) is 5.60. The molecule has 1 aromatic heterocycles. The average molecular weight is 390 g/mol. The lowest BCUT2D eigenvalue weighted by Gasteiger charge is -2.16. The van der Waals surface area contributed by atoms with E-state index in [1.807, 2.05) is 24.3 Å². The van der Waals surface area contributed by atoms with Crippen LogP contribution in [0.15, 0.2) is 66.0 Å². The molecule has 0 bridgehead atoms. The standard InChI is InChI=1S/C21H23NO2S.ClH/c1-16(18-7-4-3-5-8-18)22-14-17-10-11-20(21(13-17)23-2)24-15-19-9-6-12-25-19;/h3-13,16,22H,14-15H2,1-2H3;1H. The van der Waals surface area contributed by atoms with Gasteiger partial charge in [-0.25, -0.2) is 0 Å². The topological polar surface area (TPSA) is 30.5 Å². The number of nitrogens with one attached hydrogen (secondary N) is 1. The van der Waals surface area contributed by atoms with Crippen molar-refractivity contribution in [3.05, 3.63) is 82.0 Å². The lowest BCUT2D eigenvalue weighted by molar-refractivity contribution is 0.287. The summed E-state index contributed by atoms with van der Waals surface area (Å²) >= 11 is 1.69. The van der Waals surface area contributed by atoms with Crippen LogP contribution in [0, 0.1) is 0 Å². The van der Waals surface area contributed by atoms with E-state index < -0.39 is 0 Å². The fourth-order valence-corrected chi connectivity index (χ4v) is 3.23. The van der Waals surface area contributed by atoms with Crippen LogP contribution in [0.4, 0.5) is 0 Å². The summed E-state index contributed by atoms with van der Waals surface area (Å²) in [5.74, 6) is 1.54. The summed E-state index contributed by atoms with van der Waals surface area (Å²) in [6.07, 6.45) is 0. The second kappa shape index (κ2) is 10.2. The van der Waals surface area contributed by atoms with Crippen LogP contribution in [0.25, 0.3) is 0 Å². The zero-order valence-electron chi connectivity index (χ0n) is 15.0. The second-order valence-corrected chi connectivity index (χ2v) is 6.90. The molecule has 0 saturated carbocycles. The van der Waals surface area contributed by atoms with Gasteiger partial charge in [0.05, 0.1) is 7.11 Å². The Labute approximate surface area is 165 Å². The summed E-state index contributed by atoms with van der Waals surface area (Å²) < 4.78 is 11.4. The lowest BCUT2D eigenvalue weighted by atomic mass is 10.1. The molecule has 138 valence electrons. The molecule has 0 saturated heterocycles. The van der Waals surface area contributed by atoms with Crippen molar-refractivity contribution < 1.29 is 9.47 Å². The minimum atomic E-state index is 0. The SMILES string of the molecule is COc1cc(CNC(C)c2ccccc2)ccc1OCc1cccs1.Cl. The van der Waals surface area contributed by atoms with Crippen LogP contribution in [-0.4, -0.2) is 7.11 Å². The van der Waals surface area contributed by atoms with E-state index in [0.29, 0.717) is 12.6 Å². The Morgan fingerprint density at radius 3 is 2.50 bits per heavy atom. The third-order valence-electron chi connectivity index (χ3n) is 4.09. The Bertz CT molecular complexity index is 778. The monoisotopic (exact) mass is 389 g/mol. The first-order chi connectivity index (χ1) is 12.3. The molecule has 0 aliphatic carbocycles. The minimum Gasteiger partial charge on any atom is -0.493 e. The molecule has 0 aliphatic heterocycles. The van der Waals surface area contributed by atoms with Crippen LogP contribution < -0.4 is 14.8 Å². The van der Waals surface area contributed by atoms with Crippen LogP contribution in [-0.2, 0) is 13.2 Å². The maximum Gasteiger partial charge on any atom is 0.161 e. The van der Waals surface area contributed by atoms with Crippen molar-refractivity contribution in [2.24, 2.45) is 0 Å². The number of methoxy groups -OCH3 is 1. The number of ether oxygens (including phenoxy) is 2. The molecule has 1 unspecified atom stereocenters. The number of hydrogen-bond acceptors (Lipinski definition) is 4. The van der Waals surface area contributed by atoms with E-state index in [0.717, 1.165) is 18.0 Å². The summed E-state index contributed by atoms with van der Waals surface area (Å²) in [6, 6.07) is 20.9. The van der Waals surface area contributed by atoms with E-state index in [4.69, 9.17) is 9.47 Å². The maximum absolute atomic E-state index is 5.89. The van der Waals surface area contributed by atoms with Gasteiger partial charge in [-0.1, -0.05) is 42.5 Å². The highest BCUT2D eigenvalue weighted by molar-refractivity contribution is 7.09. The second-order valence-electron chi connectivity index (χ2n) is 5.87. The molecule has 0 amide bonds. The van der Waals surface area contributed by atoms with Gasteiger partial charge in [-0.2, -0.15) is 0 Å². The predicted molar refractivity (Wildman–Crippen MR) is 111 cm³/mol. The Balaban J connectivity index is 0.00000243. The van der Waals surface area contributed by atoms with Crippen LogP contribution >= 0.6 is 23.7 Å². The first kappa shape index (κ1) is 20.3. The van der Waals surface area contributed by atoms with Crippen LogP contribution in [0.3, 0.4) is 0 Å². The molecule has 0 spiro atoms. The molecule has 5 heteroatoms. The molecule has 3 nitrogen and oxygen atoms in total. The average Bonchev–Trinajstić information content (AvgIpc) is 3.19. The van der Waals surface area contributed by atoms with Crippen LogP contribution in [0.1, 0.15) is 29.0 Å². The van der Waals surface area contributed by atoms with E-state index >= 15 is 0 Å². The van der Waals surface area contributed by atoms with Gasteiger partial charge < -0.3 is 14.8 Å². The third kappa shape index (κ3) is 5.49. The highest BCUT2D eigenvalue weighted by Crippen LogP contribution is 2.29. The van der Waals surface area contributed by atoms with Gasteiger partial charge in [-0.3, -0.25) is 0 Å². The summed E-state index contributed by atoms with van der Waals surface area (Å²) in [4.78, 5) is 1.20. The summed E-state index contributed by atoms with van der Waals surface area (Å²) in [5.41, 5.74) is 2.45. The van der Waals surface area contributed by atoms with Gasteiger partial charge >= 0.3 is 0 Å². The number of hydrogen-bond donors (Lipinski definition) is 1. The first-order valence-corrected chi connectivity index (χ1v) is 9.24. The van der Waals surface area contributed by atoms with Crippen molar-refractivity contribution in [2.45, 2.75) is 26.1 Å². The largest absolute Gasteiger partial charge is 0.493 e. The van der Waals surface area contributed by atoms with E-state index in [1.54, 1.807) is 18.4 Å². The molecule has 0 radical (unpaired) electrons. The number of halogens is 1. The van der Waals surface area contributed by atoms with Crippen molar-refractivity contribution in [3.63, 3.8) is 0 Å². The molecule has 1 N–H and O–H groups in total. The van der Waals surface area contributed by atoms with Crippen molar-refractivity contribution in [1.29, 1.82) is 0 Å². The van der Waals surface area contributed by atoms with E-state index in [2.05, 4.69) is 54.0 Å². The van der Waals surface area contributed by atoms with Gasteiger partial charge in [-0.05, 0) is 41.6 Å². The minimum absolute atomic E-state index is 0. The molecule has 1 atom stereocenters. The zero-order valence-corrected chi connectivity index (χ0v) is 16.6. The maximum atomic E-state index is 5.89. The molecule has 3 aromatic rings. The summed E-state index contributed by atoms with van der Waals surface area (Å²) in [6.45, 7) is 3.51. The van der Waals surface area contributed by atoms with E-state index in [1.165, 1.54) is 16.0 Å². The van der Waals surface area contributed by atoms with Crippen molar-refractivity contribution in [2.75, 3.05) is 7.11 Å². The van der Waals surface area contributed by atoms with Gasteiger partial charge in [0.25, 0.3) is 0 Å². The molecular weight excluding hydrogens is 366 g/mol. The van der Waals surface area contributed by atoms with Crippen LogP contribution in [0.5, 0.6) is 11.5 Å². The van der Waals surface area contributed by atoms with Crippen LogP contribution in [0.2, 0.25) is 0 Å².